The average molecular weight is 545 g/mol. The molecule has 3 atom stereocenters. The smallest absolute Gasteiger partial charge is 0.443 e. The van der Waals surface area contributed by atoms with Crippen molar-refractivity contribution in [2.45, 2.75) is 95.6 Å². The summed E-state index contributed by atoms with van der Waals surface area (Å²) in [5, 5.41) is 14.0. The molecule has 2 fully saturated rings. The highest BCUT2D eigenvalue weighted by Gasteiger charge is 2.43. The van der Waals surface area contributed by atoms with Crippen molar-refractivity contribution in [1.82, 2.24) is 24.9 Å². The first-order valence-corrected chi connectivity index (χ1v) is 12.3. The van der Waals surface area contributed by atoms with Crippen LogP contribution in [0.3, 0.4) is 0 Å². The van der Waals surface area contributed by atoms with Gasteiger partial charge in [-0.2, -0.15) is 10.2 Å². The largest absolute Gasteiger partial charge is 0.522 e. The summed E-state index contributed by atoms with van der Waals surface area (Å²) in [6.07, 6.45) is -5.67. The fraction of sp³-hybridized carbons (Fsp3) is 0.667. The lowest BCUT2D eigenvalue weighted by molar-refractivity contribution is -0.330. The number of nitrogens with zero attached hydrogens (tertiary/aromatic N) is 4. The molecule has 0 saturated heterocycles. The first-order valence-electron chi connectivity index (χ1n) is 12.3. The summed E-state index contributed by atoms with van der Waals surface area (Å²) in [5.41, 5.74) is -0.363. The number of hydrogen-bond acceptors (Lipinski definition) is 6. The maximum Gasteiger partial charge on any atom is 0.522 e. The molecule has 3 unspecified atom stereocenters. The fourth-order valence-corrected chi connectivity index (χ4v) is 4.38. The Morgan fingerprint density at radius 2 is 1.84 bits per heavy atom. The van der Waals surface area contributed by atoms with E-state index in [-0.39, 0.29) is 35.7 Å². The quantitative estimate of drug-likeness (QED) is 0.496. The number of carbonyl (C=O) groups is 2. The Morgan fingerprint density at radius 3 is 2.45 bits per heavy atom. The number of alkyl halides is 4. The third-order valence-electron chi connectivity index (χ3n) is 6.66. The second-order valence-corrected chi connectivity index (χ2v) is 11.2. The highest BCUT2D eigenvalue weighted by molar-refractivity contribution is 6.02. The Kier molecular flexibility index (Phi) is 7.23. The summed E-state index contributed by atoms with van der Waals surface area (Å²) in [6.45, 7) is 6.68. The van der Waals surface area contributed by atoms with Gasteiger partial charge in [-0.3, -0.25) is 14.2 Å². The maximum atomic E-state index is 14.8. The van der Waals surface area contributed by atoms with Crippen LogP contribution in [0, 0.1) is 0 Å². The summed E-state index contributed by atoms with van der Waals surface area (Å²) in [5.74, 6) is -0.635. The minimum Gasteiger partial charge on any atom is -0.443 e. The number of hydrogen-bond donors (Lipinski definition) is 2. The van der Waals surface area contributed by atoms with Gasteiger partial charge in [0.2, 0.25) is 0 Å². The van der Waals surface area contributed by atoms with Crippen LogP contribution in [0.2, 0.25) is 0 Å². The van der Waals surface area contributed by atoms with E-state index in [1.807, 2.05) is 27.7 Å². The van der Waals surface area contributed by atoms with Gasteiger partial charge in [-0.25, -0.2) is 13.9 Å². The van der Waals surface area contributed by atoms with Crippen LogP contribution in [0.25, 0.3) is 0 Å². The van der Waals surface area contributed by atoms with Crippen LogP contribution < -0.4 is 10.6 Å². The van der Waals surface area contributed by atoms with Gasteiger partial charge in [0.25, 0.3) is 5.91 Å². The van der Waals surface area contributed by atoms with Gasteiger partial charge in [0.05, 0.1) is 16.9 Å². The van der Waals surface area contributed by atoms with E-state index >= 15 is 0 Å². The Hall–Kier alpha value is -3.16. The number of halogens is 4. The molecule has 2 saturated carbocycles. The lowest BCUT2D eigenvalue weighted by Gasteiger charge is -2.22. The lowest BCUT2D eigenvalue weighted by atomic mass is 10.0. The third-order valence-corrected chi connectivity index (χ3v) is 6.66. The normalized spacial score (nSPS) is 22.8. The number of rotatable bonds is 7. The highest BCUT2D eigenvalue weighted by Crippen LogP contribution is 2.40. The van der Waals surface area contributed by atoms with Crippen LogP contribution in [0.15, 0.2) is 12.1 Å². The minimum atomic E-state index is -4.82. The van der Waals surface area contributed by atoms with E-state index in [0.717, 1.165) is 17.5 Å². The molecule has 38 heavy (non-hydrogen) atoms. The van der Waals surface area contributed by atoms with Crippen molar-refractivity contribution < 1.29 is 36.6 Å². The number of aromatic nitrogens is 4. The number of aryl methyl sites for hydroxylation is 1. The monoisotopic (exact) mass is 544 g/mol. The van der Waals surface area contributed by atoms with Gasteiger partial charge in [-0.05, 0) is 59.4 Å². The van der Waals surface area contributed by atoms with Gasteiger partial charge in [0, 0.05) is 24.6 Å². The molecule has 210 valence electrons. The molecule has 4 rings (SSSR count). The van der Waals surface area contributed by atoms with Gasteiger partial charge < -0.3 is 15.4 Å². The van der Waals surface area contributed by atoms with Crippen molar-refractivity contribution in [2.24, 2.45) is 7.05 Å². The third kappa shape index (κ3) is 6.63. The molecule has 2 aromatic rings. The number of nitrogens with one attached hydrogen (secondary N) is 2. The zero-order chi connectivity index (χ0) is 28.0. The van der Waals surface area contributed by atoms with E-state index in [1.165, 1.54) is 13.1 Å². The van der Waals surface area contributed by atoms with E-state index in [0.29, 0.717) is 11.5 Å². The summed E-state index contributed by atoms with van der Waals surface area (Å²) in [7, 11) is 1.43. The second-order valence-electron chi connectivity index (χ2n) is 11.2. The van der Waals surface area contributed by atoms with Gasteiger partial charge in [-0.15, -0.1) is 13.2 Å². The van der Waals surface area contributed by atoms with Crippen molar-refractivity contribution in [3.05, 3.63) is 29.2 Å². The van der Waals surface area contributed by atoms with Crippen LogP contribution >= 0.6 is 0 Å². The molecule has 0 aromatic carbocycles. The van der Waals surface area contributed by atoms with Crippen LogP contribution in [-0.2, 0) is 28.7 Å². The molecule has 0 aliphatic heterocycles. The van der Waals surface area contributed by atoms with E-state index in [1.54, 1.807) is 10.7 Å². The van der Waals surface area contributed by atoms with Crippen molar-refractivity contribution in [3.63, 3.8) is 0 Å². The topological polar surface area (TPSA) is 112 Å². The number of amides is 2. The van der Waals surface area contributed by atoms with E-state index in [4.69, 9.17) is 4.74 Å². The van der Waals surface area contributed by atoms with Crippen molar-refractivity contribution in [2.75, 3.05) is 5.32 Å². The lowest BCUT2D eigenvalue weighted by Crippen LogP contribution is -2.38. The van der Waals surface area contributed by atoms with Gasteiger partial charge in [0.1, 0.15) is 30.4 Å². The summed E-state index contributed by atoms with van der Waals surface area (Å²) < 4.78 is 63.8. The van der Waals surface area contributed by atoms with E-state index < -0.39 is 42.8 Å². The Balaban J connectivity index is 1.47. The molecular formula is C24H32F4N6O4. The van der Waals surface area contributed by atoms with E-state index in [2.05, 4.69) is 25.6 Å². The molecule has 10 nitrogen and oxygen atoms in total. The van der Waals surface area contributed by atoms with Gasteiger partial charge in [0.15, 0.2) is 0 Å². The minimum absolute atomic E-state index is 0.0162. The molecular weight excluding hydrogens is 512 g/mol. The maximum absolute atomic E-state index is 14.8. The summed E-state index contributed by atoms with van der Waals surface area (Å²) in [6, 6.07) is 2.85. The Bertz CT molecular complexity index is 1200. The van der Waals surface area contributed by atoms with Gasteiger partial charge >= 0.3 is 12.5 Å². The Labute approximate surface area is 217 Å². The van der Waals surface area contributed by atoms with Crippen molar-refractivity contribution in [1.29, 1.82) is 0 Å². The molecule has 2 amide bonds. The number of anilines is 1. The molecule has 14 heteroatoms. The van der Waals surface area contributed by atoms with Crippen molar-refractivity contribution in [3.8, 4) is 0 Å². The first kappa shape index (κ1) is 27.9. The van der Waals surface area contributed by atoms with E-state index in [9.17, 15) is 27.2 Å². The zero-order valence-electron chi connectivity index (χ0n) is 21.9. The molecule has 2 N–H and O–H groups in total. The summed E-state index contributed by atoms with van der Waals surface area (Å²) in [4.78, 5) is 25.2. The summed E-state index contributed by atoms with van der Waals surface area (Å²) >= 11 is 0. The Morgan fingerprint density at radius 1 is 1.16 bits per heavy atom. The predicted molar refractivity (Wildman–Crippen MR) is 127 cm³/mol. The molecule has 0 spiro atoms. The molecule has 2 aliphatic carbocycles. The SMILES string of the molecule is Cn1nc(COC(F)(F)F)cc1C(=O)Nc1cc(C2CC(F)C(OC(=O)NC3(C)CC3)C2)nn1C(C)(C)C. The fourth-order valence-electron chi connectivity index (χ4n) is 4.38. The number of carbonyl (C=O) groups excluding carboxylic acids is 2. The molecule has 0 radical (unpaired) electrons. The number of ether oxygens (including phenoxy) is 2. The van der Waals surface area contributed by atoms with Crippen LogP contribution in [0.1, 0.15) is 81.2 Å². The molecule has 2 aromatic heterocycles. The molecule has 2 aliphatic rings. The van der Waals surface area contributed by atoms with Crippen LogP contribution in [0.4, 0.5) is 28.2 Å². The molecule has 2 heterocycles. The first-order chi connectivity index (χ1) is 17.5. The standard InChI is InChI=1S/C24H32F4N6O4/c1-22(2,3)34-19(29-20(35)17-10-14(31-33(17)5)12-37-24(26,27)28)11-16(32-34)13-8-15(25)18(9-13)38-21(36)30-23(4)6-7-23/h10-11,13,15,18H,6-9,12H2,1-5H3,(H,29,35)(H,30,36). The molecule has 0 bridgehead atoms. The zero-order valence-corrected chi connectivity index (χ0v) is 21.9. The van der Waals surface area contributed by atoms with Gasteiger partial charge in [-0.1, -0.05) is 0 Å². The van der Waals surface area contributed by atoms with Crippen LogP contribution in [0.5, 0.6) is 0 Å². The second kappa shape index (κ2) is 9.86. The highest BCUT2D eigenvalue weighted by atomic mass is 19.4. The average Bonchev–Trinajstić information content (AvgIpc) is 3.12. The van der Waals surface area contributed by atoms with Crippen molar-refractivity contribution >= 4 is 17.8 Å². The van der Waals surface area contributed by atoms with Crippen LogP contribution in [-0.4, -0.2) is 55.7 Å². The number of alkyl carbamates (subject to hydrolysis) is 1. The predicted octanol–water partition coefficient (Wildman–Crippen LogP) is 4.52.